The number of carbonyl (C=O) groups excluding carboxylic acids is 2. The summed E-state index contributed by atoms with van der Waals surface area (Å²) < 4.78 is -4.72. The number of alkyl halides is 6. The molecular formula is C8H8Cl6N6O4. The molecule has 0 bridgehead atoms. The molecule has 136 valence electrons. The Morgan fingerprint density at radius 2 is 1.62 bits per heavy atom. The van der Waals surface area contributed by atoms with Crippen LogP contribution in [0.15, 0.2) is 10.5 Å². The molecule has 1 rings (SSSR count). The molecule has 2 unspecified atom stereocenters. The van der Waals surface area contributed by atoms with Gasteiger partial charge >= 0.3 is 0 Å². The molecule has 2 atom stereocenters. The maximum absolute atomic E-state index is 12.0. The summed E-state index contributed by atoms with van der Waals surface area (Å²) in [6.07, 6.45) is -0.326. The van der Waals surface area contributed by atoms with Crippen molar-refractivity contribution < 1.29 is 9.59 Å². The van der Waals surface area contributed by atoms with Gasteiger partial charge in [-0.3, -0.25) is 14.6 Å². The number of amides is 1. The van der Waals surface area contributed by atoms with Crippen molar-refractivity contribution in [2.24, 2.45) is 10.5 Å². The van der Waals surface area contributed by atoms with Crippen LogP contribution in [-0.4, -0.2) is 48.1 Å². The Labute approximate surface area is 164 Å². The summed E-state index contributed by atoms with van der Waals surface area (Å²) >= 11 is 32.9. The predicted molar refractivity (Wildman–Crippen MR) is 89.2 cm³/mol. The molecule has 2 N–H and O–H groups in total. The molecule has 1 saturated heterocycles. The van der Waals surface area contributed by atoms with Crippen LogP contribution < -0.4 is 11.0 Å². The summed E-state index contributed by atoms with van der Waals surface area (Å²) in [5.74, 6) is -2.10. The quantitative estimate of drug-likeness (QED) is 0.483. The van der Waals surface area contributed by atoms with E-state index in [1.54, 1.807) is 0 Å². The Kier molecular flexibility index (Phi) is 7.69. The number of nitroso groups, excluding NO2 is 2. The van der Waals surface area contributed by atoms with Crippen molar-refractivity contribution >= 4 is 81.3 Å². The zero-order valence-corrected chi connectivity index (χ0v) is 15.8. The first-order chi connectivity index (χ1) is 10.9. The Morgan fingerprint density at radius 1 is 1.04 bits per heavy atom. The van der Waals surface area contributed by atoms with E-state index in [2.05, 4.69) is 21.4 Å². The minimum Gasteiger partial charge on any atom is -0.293 e. The zero-order valence-electron chi connectivity index (χ0n) is 11.3. The molecule has 0 spiro atoms. The third kappa shape index (κ3) is 5.95. The van der Waals surface area contributed by atoms with Gasteiger partial charge in [-0.15, -0.1) is 10.4 Å². The fraction of sp³-hybridized carbons (Fsp3) is 0.750. The third-order valence-corrected chi connectivity index (χ3v) is 3.75. The first-order valence-corrected chi connectivity index (χ1v) is 8.15. The van der Waals surface area contributed by atoms with Gasteiger partial charge in [-0.2, -0.15) is 10.3 Å². The fourth-order valence-corrected chi connectivity index (χ4v) is 2.41. The van der Waals surface area contributed by atoms with E-state index in [9.17, 15) is 19.4 Å². The molecule has 1 fully saturated rings. The van der Waals surface area contributed by atoms with Crippen molar-refractivity contribution in [2.75, 3.05) is 6.54 Å². The molecule has 16 heteroatoms. The standard InChI is InChI=1S/C8H8Cl6N6O4/c9-7(10,11)5(21)4-1-3(16-23)2-19(6(22)8(12,13)14)17-20(15-4)18-24/h3-4,15,17H,1-2H2. The highest BCUT2D eigenvalue weighted by molar-refractivity contribution is 6.77. The fourth-order valence-electron chi connectivity index (χ4n) is 1.70. The summed E-state index contributed by atoms with van der Waals surface area (Å²) in [4.78, 5) is 45.8. The van der Waals surface area contributed by atoms with E-state index < -0.39 is 37.9 Å². The van der Waals surface area contributed by atoms with Crippen molar-refractivity contribution in [3.63, 3.8) is 0 Å². The van der Waals surface area contributed by atoms with E-state index in [1.165, 1.54) is 0 Å². The van der Waals surface area contributed by atoms with Crippen LogP contribution in [0.25, 0.3) is 0 Å². The molecule has 0 aromatic carbocycles. The van der Waals surface area contributed by atoms with E-state index >= 15 is 0 Å². The number of hydrogen-bond donors (Lipinski definition) is 2. The van der Waals surface area contributed by atoms with E-state index in [0.717, 1.165) is 0 Å². The van der Waals surface area contributed by atoms with E-state index in [4.69, 9.17) is 69.6 Å². The van der Waals surface area contributed by atoms with E-state index in [1.807, 2.05) is 0 Å². The van der Waals surface area contributed by atoms with Crippen LogP contribution in [0.3, 0.4) is 0 Å². The van der Waals surface area contributed by atoms with Crippen LogP contribution in [0.1, 0.15) is 6.42 Å². The highest BCUT2D eigenvalue weighted by atomic mass is 35.6. The first kappa shape index (κ1) is 21.8. The second kappa shape index (κ2) is 8.45. The van der Waals surface area contributed by atoms with Gasteiger partial charge in [0.25, 0.3) is 9.70 Å². The lowest BCUT2D eigenvalue weighted by molar-refractivity contribution is -0.145. The molecular weight excluding hydrogens is 457 g/mol. The largest absolute Gasteiger partial charge is 0.293 e. The predicted octanol–water partition coefficient (Wildman–Crippen LogP) is 1.94. The van der Waals surface area contributed by atoms with Crippen LogP contribution in [0, 0.1) is 9.81 Å². The SMILES string of the molecule is O=NC1CC(C(=O)C(Cl)(Cl)Cl)NN(N=O)NN(C(=O)C(Cl)(Cl)Cl)C1. The van der Waals surface area contributed by atoms with Crippen molar-refractivity contribution in [1.29, 1.82) is 0 Å². The molecule has 1 aliphatic heterocycles. The monoisotopic (exact) mass is 462 g/mol. The number of rotatable bonds is 3. The summed E-state index contributed by atoms with van der Waals surface area (Å²) in [6.45, 7) is -0.451. The molecule has 10 nitrogen and oxygen atoms in total. The lowest BCUT2D eigenvalue weighted by Gasteiger charge is -2.36. The van der Waals surface area contributed by atoms with Crippen LogP contribution in [0.4, 0.5) is 0 Å². The van der Waals surface area contributed by atoms with Gasteiger partial charge in [0.05, 0.1) is 17.9 Å². The molecule has 0 aromatic rings. The summed E-state index contributed by atoms with van der Waals surface area (Å²) in [6, 6.07) is -2.48. The highest BCUT2D eigenvalue weighted by Crippen LogP contribution is 2.31. The topological polar surface area (TPSA) is 124 Å². The number of Topliss-reactive ketones (excluding diaryl/α,β-unsaturated/α-hetero) is 1. The number of hydrazine groups is 3. The third-order valence-electron chi connectivity index (χ3n) is 2.71. The average Bonchev–Trinajstić information content (AvgIpc) is 2.44. The normalized spacial score (nSPS) is 23.2. The van der Waals surface area contributed by atoms with Gasteiger partial charge in [0, 0.05) is 0 Å². The number of nitrogens with zero attached hydrogens (tertiary/aromatic N) is 4. The molecule has 0 radical (unpaired) electrons. The maximum Gasteiger partial charge on any atom is 0.290 e. The molecule has 1 aliphatic rings. The zero-order chi connectivity index (χ0) is 18.7. The van der Waals surface area contributed by atoms with Gasteiger partial charge < -0.3 is 0 Å². The molecule has 1 heterocycles. The van der Waals surface area contributed by atoms with Crippen molar-refractivity contribution in [3.05, 3.63) is 9.81 Å². The Bertz CT molecular complexity index is 466. The Balaban J connectivity index is 3.07. The van der Waals surface area contributed by atoms with Gasteiger partial charge in [0.2, 0.25) is 9.58 Å². The number of ketones is 1. The minimum absolute atomic E-state index is 0.326. The maximum atomic E-state index is 12.0. The van der Waals surface area contributed by atoms with Crippen LogP contribution in [0.5, 0.6) is 0 Å². The lowest BCUT2D eigenvalue weighted by Crippen LogP contribution is -2.64. The summed E-state index contributed by atoms with van der Waals surface area (Å²) in [5.41, 5.74) is 4.34. The molecule has 0 saturated carbocycles. The van der Waals surface area contributed by atoms with Gasteiger partial charge in [-0.25, -0.2) is 0 Å². The number of carbonyl (C=O) groups is 2. The Morgan fingerprint density at radius 3 is 2.04 bits per heavy atom. The summed E-state index contributed by atoms with van der Waals surface area (Å²) in [5, 5.41) is 6.19. The van der Waals surface area contributed by atoms with Gasteiger partial charge in [0.15, 0.2) is 0 Å². The lowest BCUT2D eigenvalue weighted by atomic mass is 10.0. The van der Waals surface area contributed by atoms with Crippen LogP contribution in [0.2, 0.25) is 0 Å². The van der Waals surface area contributed by atoms with Crippen LogP contribution in [-0.2, 0) is 9.59 Å². The second-order valence-electron chi connectivity index (χ2n) is 4.45. The number of nitrogens with one attached hydrogen (secondary N) is 2. The second-order valence-corrected chi connectivity index (χ2v) is 9.01. The van der Waals surface area contributed by atoms with Crippen molar-refractivity contribution in [3.8, 4) is 0 Å². The van der Waals surface area contributed by atoms with E-state index in [0.29, 0.717) is 10.2 Å². The summed E-state index contributed by atoms with van der Waals surface area (Å²) in [7, 11) is 0. The van der Waals surface area contributed by atoms with Gasteiger partial charge in [-0.1, -0.05) is 80.0 Å². The smallest absolute Gasteiger partial charge is 0.290 e. The molecule has 0 aromatic heterocycles. The number of halogens is 6. The number of hydrogen-bond acceptors (Lipinski definition) is 8. The van der Waals surface area contributed by atoms with Crippen molar-refractivity contribution in [1.82, 2.24) is 21.2 Å². The highest BCUT2D eigenvalue weighted by Gasteiger charge is 2.43. The van der Waals surface area contributed by atoms with Gasteiger partial charge in [0.1, 0.15) is 6.04 Å². The molecule has 0 aliphatic carbocycles. The van der Waals surface area contributed by atoms with Gasteiger partial charge in [-0.05, 0) is 6.42 Å². The van der Waals surface area contributed by atoms with Crippen LogP contribution >= 0.6 is 69.6 Å². The Hall–Kier alpha value is -0.200. The minimum atomic E-state index is -2.39. The first-order valence-electron chi connectivity index (χ1n) is 5.88. The van der Waals surface area contributed by atoms with E-state index in [-0.39, 0.29) is 6.42 Å². The molecule has 24 heavy (non-hydrogen) atoms. The molecule has 1 amide bonds. The van der Waals surface area contributed by atoms with Crippen molar-refractivity contribution in [2.45, 2.75) is 26.1 Å². The average molecular weight is 465 g/mol.